The SMILES string of the molecule is O=C(O)c1n[nH]c(C(O)CCCCCCc2ccccc2)n1. The number of aryl methyl sites for hydroxylation is 1. The van der Waals surface area contributed by atoms with E-state index < -0.39 is 12.1 Å². The largest absolute Gasteiger partial charge is 0.475 e. The maximum absolute atomic E-state index is 10.7. The normalized spacial score (nSPS) is 12.2. The van der Waals surface area contributed by atoms with Crippen LogP contribution in [0.1, 0.15) is 60.2 Å². The molecule has 6 nitrogen and oxygen atoms in total. The Labute approximate surface area is 129 Å². The van der Waals surface area contributed by atoms with Crippen molar-refractivity contribution in [3.8, 4) is 0 Å². The van der Waals surface area contributed by atoms with Crippen LogP contribution in [0.15, 0.2) is 30.3 Å². The van der Waals surface area contributed by atoms with E-state index in [4.69, 9.17) is 5.11 Å². The molecule has 0 saturated heterocycles. The minimum Gasteiger partial charge on any atom is -0.475 e. The minimum absolute atomic E-state index is 0.224. The van der Waals surface area contributed by atoms with Gasteiger partial charge in [-0.1, -0.05) is 49.6 Å². The zero-order chi connectivity index (χ0) is 15.8. The van der Waals surface area contributed by atoms with Crippen LogP contribution in [0, 0.1) is 0 Å². The summed E-state index contributed by atoms with van der Waals surface area (Å²) in [5.41, 5.74) is 1.35. The summed E-state index contributed by atoms with van der Waals surface area (Å²) < 4.78 is 0. The standard InChI is InChI=1S/C16H21N3O3/c20-13(14-17-15(16(21)22)19-18-14)11-7-2-1-4-8-12-9-5-3-6-10-12/h3,5-6,9-10,13,20H,1-2,4,7-8,11H2,(H,21,22)(H,17,18,19). The number of nitrogens with zero attached hydrogens (tertiary/aromatic N) is 2. The lowest BCUT2D eigenvalue weighted by molar-refractivity contribution is 0.0683. The number of carboxylic acids is 1. The number of aromatic nitrogens is 3. The van der Waals surface area contributed by atoms with Gasteiger partial charge in [0.2, 0.25) is 0 Å². The van der Waals surface area contributed by atoms with Crippen LogP contribution in [0.5, 0.6) is 0 Å². The topological polar surface area (TPSA) is 99.1 Å². The van der Waals surface area contributed by atoms with Crippen LogP contribution in [0.4, 0.5) is 0 Å². The zero-order valence-electron chi connectivity index (χ0n) is 12.4. The zero-order valence-corrected chi connectivity index (χ0v) is 12.4. The molecule has 1 heterocycles. The lowest BCUT2D eigenvalue weighted by atomic mass is 10.0. The quantitative estimate of drug-likeness (QED) is 0.619. The first-order valence-corrected chi connectivity index (χ1v) is 7.54. The van der Waals surface area contributed by atoms with E-state index in [0.717, 1.165) is 32.1 Å². The number of aliphatic hydroxyl groups excluding tert-OH is 1. The Kier molecular flexibility index (Phi) is 6.09. The van der Waals surface area contributed by atoms with E-state index in [-0.39, 0.29) is 11.6 Å². The molecular weight excluding hydrogens is 282 g/mol. The van der Waals surface area contributed by atoms with E-state index in [0.29, 0.717) is 6.42 Å². The summed E-state index contributed by atoms with van der Waals surface area (Å²) >= 11 is 0. The molecule has 2 aromatic rings. The number of carbonyl (C=O) groups is 1. The second-order valence-electron chi connectivity index (χ2n) is 5.30. The van der Waals surface area contributed by atoms with Gasteiger partial charge in [0.25, 0.3) is 5.82 Å². The maximum atomic E-state index is 10.7. The first-order chi connectivity index (χ1) is 10.7. The highest BCUT2D eigenvalue weighted by atomic mass is 16.4. The van der Waals surface area contributed by atoms with E-state index in [1.165, 1.54) is 5.56 Å². The number of carboxylic acid groups (broad SMARTS) is 1. The molecule has 118 valence electrons. The van der Waals surface area contributed by atoms with Crippen LogP contribution >= 0.6 is 0 Å². The van der Waals surface area contributed by atoms with E-state index in [1.54, 1.807) is 0 Å². The second-order valence-corrected chi connectivity index (χ2v) is 5.30. The van der Waals surface area contributed by atoms with Gasteiger partial charge >= 0.3 is 5.97 Å². The van der Waals surface area contributed by atoms with Gasteiger partial charge in [-0.15, -0.1) is 5.10 Å². The third-order valence-electron chi connectivity index (χ3n) is 3.55. The molecule has 1 aromatic heterocycles. The molecule has 0 aliphatic carbocycles. The van der Waals surface area contributed by atoms with Gasteiger partial charge in [0, 0.05) is 0 Å². The number of H-pyrrole nitrogens is 1. The fourth-order valence-electron chi connectivity index (χ4n) is 2.32. The summed E-state index contributed by atoms with van der Waals surface area (Å²) in [6, 6.07) is 10.4. The van der Waals surface area contributed by atoms with Gasteiger partial charge < -0.3 is 10.2 Å². The molecular formula is C16H21N3O3. The predicted octanol–water partition coefficient (Wildman–Crippen LogP) is 2.73. The van der Waals surface area contributed by atoms with Gasteiger partial charge in [0.1, 0.15) is 6.10 Å². The number of unbranched alkanes of at least 4 members (excludes halogenated alkanes) is 3. The van der Waals surface area contributed by atoms with E-state index in [1.807, 2.05) is 6.07 Å². The molecule has 0 bridgehead atoms. The van der Waals surface area contributed by atoms with E-state index in [9.17, 15) is 9.90 Å². The third-order valence-corrected chi connectivity index (χ3v) is 3.55. The third kappa shape index (κ3) is 4.96. The van der Waals surface area contributed by atoms with Crippen LogP contribution in [-0.2, 0) is 6.42 Å². The maximum Gasteiger partial charge on any atom is 0.375 e. The molecule has 1 aromatic carbocycles. The predicted molar refractivity (Wildman–Crippen MR) is 81.5 cm³/mol. The molecule has 1 unspecified atom stereocenters. The number of aromatic carboxylic acids is 1. The fraction of sp³-hybridized carbons (Fsp3) is 0.438. The molecule has 0 radical (unpaired) electrons. The van der Waals surface area contributed by atoms with Crippen LogP contribution in [0.3, 0.4) is 0 Å². The average molecular weight is 303 g/mol. The molecule has 0 aliphatic rings. The van der Waals surface area contributed by atoms with Crippen molar-refractivity contribution in [2.24, 2.45) is 0 Å². The molecule has 0 fully saturated rings. The lowest BCUT2D eigenvalue weighted by Crippen LogP contribution is -2.02. The summed E-state index contributed by atoms with van der Waals surface area (Å²) in [6.45, 7) is 0. The Bertz CT molecular complexity index is 583. The first-order valence-electron chi connectivity index (χ1n) is 7.54. The Balaban J connectivity index is 1.60. The Hall–Kier alpha value is -2.21. The minimum atomic E-state index is -1.20. The highest BCUT2D eigenvalue weighted by Crippen LogP contribution is 2.17. The number of benzene rings is 1. The second kappa shape index (κ2) is 8.29. The highest BCUT2D eigenvalue weighted by molar-refractivity contribution is 5.82. The molecule has 0 saturated carbocycles. The molecule has 6 heteroatoms. The van der Waals surface area contributed by atoms with Gasteiger partial charge in [0.15, 0.2) is 5.82 Å². The number of aromatic amines is 1. The van der Waals surface area contributed by atoms with Crippen molar-refractivity contribution in [3.05, 3.63) is 47.5 Å². The Morgan fingerprint density at radius 3 is 2.55 bits per heavy atom. The molecule has 2 rings (SSSR count). The highest BCUT2D eigenvalue weighted by Gasteiger charge is 2.15. The van der Waals surface area contributed by atoms with Crippen molar-refractivity contribution in [3.63, 3.8) is 0 Å². The summed E-state index contributed by atoms with van der Waals surface area (Å²) in [5, 5.41) is 24.6. The van der Waals surface area contributed by atoms with Crippen LogP contribution < -0.4 is 0 Å². The van der Waals surface area contributed by atoms with Crippen molar-refractivity contribution >= 4 is 5.97 Å². The molecule has 0 aliphatic heterocycles. The first kappa shape index (κ1) is 16.2. The average Bonchev–Trinajstić information content (AvgIpc) is 3.02. The molecule has 22 heavy (non-hydrogen) atoms. The van der Waals surface area contributed by atoms with E-state index >= 15 is 0 Å². The van der Waals surface area contributed by atoms with E-state index in [2.05, 4.69) is 39.4 Å². The molecule has 3 N–H and O–H groups in total. The van der Waals surface area contributed by atoms with Gasteiger partial charge in [-0.3, -0.25) is 5.10 Å². The van der Waals surface area contributed by atoms with Crippen LogP contribution in [-0.4, -0.2) is 31.4 Å². The summed E-state index contributed by atoms with van der Waals surface area (Å²) in [5.74, 6) is -1.28. The van der Waals surface area contributed by atoms with Gasteiger partial charge in [-0.2, -0.15) is 0 Å². The lowest BCUT2D eigenvalue weighted by Gasteiger charge is -2.06. The van der Waals surface area contributed by atoms with Crippen molar-refractivity contribution in [2.75, 3.05) is 0 Å². The van der Waals surface area contributed by atoms with Gasteiger partial charge in [-0.05, 0) is 24.8 Å². The van der Waals surface area contributed by atoms with Crippen LogP contribution in [0.2, 0.25) is 0 Å². The number of hydrogen-bond acceptors (Lipinski definition) is 4. The number of nitrogens with one attached hydrogen (secondary N) is 1. The summed E-state index contributed by atoms with van der Waals surface area (Å²) in [6.07, 6.45) is 5.00. The molecule has 1 atom stereocenters. The number of hydrogen-bond donors (Lipinski definition) is 3. The van der Waals surface area contributed by atoms with Crippen LogP contribution in [0.25, 0.3) is 0 Å². The van der Waals surface area contributed by atoms with Crippen molar-refractivity contribution in [1.82, 2.24) is 15.2 Å². The number of rotatable bonds is 9. The van der Waals surface area contributed by atoms with Crippen molar-refractivity contribution < 1.29 is 15.0 Å². The fourth-order valence-corrected chi connectivity index (χ4v) is 2.32. The van der Waals surface area contributed by atoms with Crippen molar-refractivity contribution in [1.29, 1.82) is 0 Å². The van der Waals surface area contributed by atoms with Gasteiger partial charge in [-0.25, -0.2) is 9.78 Å². The van der Waals surface area contributed by atoms with Gasteiger partial charge in [0.05, 0.1) is 0 Å². The Morgan fingerprint density at radius 1 is 1.14 bits per heavy atom. The smallest absolute Gasteiger partial charge is 0.375 e. The summed E-state index contributed by atoms with van der Waals surface area (Å²) in [7, 11) is 0. The molecule has 0 spiro atoms. The number of aliphatic hydroxyl groups is 1. The monoisotopic (exact) mass is 303 g/mol. The van der Waals surface area contributed by atoms with Crippen molar-refractivity contribution in [2.45, 2.75) is 44.6 Å². The summed E-state index contributed by atoms with van der Waals surface area (Å²) in [4.78, 5) is 14.4. The molecule has 0 amide bonds. The Morgan fingerprint density at radius 2 is 1.86 bits per heavy atom.